The molecule has 2 aromatic heterocycles. The highest BCUT2D eigenvalue weighted by molar-refractivity contribution is 6.09. The lowest BCUT2D eigenvalue weighted by Crippen LogP contribution is -2.38. The van der Waals surface area contributed by atoms with Crippen LogP contribution in [0.5, 0.6) is 17.5 Å². The second-order valence-corrected chi connectivity index (χ2v) is 5.71. The summed E-state index contributed by atoms with van der Waals surface area (Å²) in [6.45, 7) is 0. The summed E-state index contributed by atoms with van der Waals surface area (Å²) in [5, 5.41) is 30.2. The SMILES string of the molecule is Nc1c2ccccc2nc2cccc(OC(=O)N(O)n3c(O)ccc3O)c12. The smallest absolute Gasteiger partial charge is 0.460 e. The summed E-state index contributed by atoms with van der Waals surface area (Å²) >= 11 is 0. The van der Waals surface area contributed by atoms with Gasteiger partial charge in [0.2, 0.25) is 11.8 Å². The number of benzene rings is 2. The number of fused-ring (bicyclic) bond motifs is 2. The molecule has 1 amide bonds. The topological polar surface area (TPSA) is 134 Å². The van der Waals surface area contributed by atoms with Crippen LogP contribution in [-0.4, -0.2) is 31.2 Å². The Bertz CT molecular complexity index is 1170. The zero-order chi connectivity index (χ0) is 19.1. The Morgan fingerprint density at radius 1 is 1.00 bits per heavy atom. The van der Waals surface area contributed by atoms with E-state index < -0.39 is 17.9 Å². The predicted octanol–water partition coefficient (Wildman–Crippen LogP) is 2.71. The molecule has 0 saturated carbocycles. The number of aromatic hydroxyl groups is 2. The largest absolute Gasteiger partial charge is 0.493 e. The van der Waals surface area contributed by atoms with Crippen molar-refractivity contribution in [1.82, 2.24) is 9.66 Å². The first-order valence-corrected chi connectivity index (χ1v) is 7.85. The van der Waals surface area contributed by atoms with Gasteiger partial charge in [-0.3, -0.25) is 5.21 Å². The van der Waals surface area contributed by atoms with Crippen molar-refractivity contribution >= 4 is 33.6 Å². The number of para-hydroxylation sites is 1. The van der Waals surface area contributed by atoms with Gasteiger partial charge >= 0.3 is 6.09 Å². The average molecular weight is 366 g/mol. The Balaban J connectivity index is 1.78. The fourth-order valence-electron chi connectivity index (χ4n) is 2.85. The standard InChI is InChI=1S/C18H14N4O5/c19-17-10-4-1-2-5-11(10)20-12-6-3-7-13(16(12)17)27-18(25)22(26)21-14(23)8-9-15(21)24/h1-9,23-24,26H,(H2,19,20). The number of pyridine rings is 1. The van der Waals surface area contributed by atoms with Gasteiger partial charge in [0.1, 0.15) is 5.75 Å². The summed E-state index contributed by atoms with van der Waals surface area (Å²) in [4.78, 5) is 16.8. The second-order valence-electron chi connectivity index (χ2n) is 5.71. The van der Waals surface area contributed by atoms with E-state index in [2.05, 4.69) is 4.98 Å². The molecule has 9 nitrogen and oxygen atoms in total. The second kappa shape index (κ2) is 6.07. The van der Waals surface area contributed by atoms with E-state index in [1.54, 1.807) is 18.2 Å². The molecule has 0 aliphatic heterocycles. The third kappa shape index (κ3) is 2.62. The third-order valence-corrected chi connectivity index (χ3v) is 4.07. The van der Waals surface area contributed by atoms with Gasteiger partial charge in [0.15, 0.2) is 0 Å². The first-order valence-electron chi connectivity index (χ1n) is 7.85. The number of ether oxygens (including phenoxy) is 1. The number of nitrogen functional groups attached to an aromatic ring is 1. The summed E-state index contributed by atoms with van der Waals surface area (Å²) in [5.74, 6) is -1.05. The van der Waals surface area contributed by atoms with Crippen LogP contribution in [0.15, 0.2) is 54.6 Å². The summed E-state index contributed by atoms with van der Waals surface area (Å²) in [5.41, 5.74) is 7.83. The van der Waals surface area contributed by atoms with Crippen LogP contribution in [0, 0.1) is 0 Å². The highest BCUT2D eigenvalue weighted by Gasteiger charge is 2.23. The molecule has 136 valence electrons. The van der Waals surface area contributed by atoms with Crippen LogP contribution in [-0.2, 0) is 0 Å². The van der Waals surface area contributed by atoms with Crippen molar-refractivity contribution in [3.63, 3.8) is 0 Å². The normalized spacial score (nSPS) is 11.0. The van der Waals surface area contributed by atoms with E-state index in [4.69, 9.17) is 10.5 Å². The number of rotatable bonds is 2. The first-order chi connectivity index (χ1) is 13.0. The zero-order valence-corrected chi connectivity index (χ0v) is 13.8. The quantitative estimate of drug-likeness (QED) is 0.243. The first kappa shape index (κ1) is 16.5. The lowest BCUT2D eigenvalue weighted by atomic mass is 10.1. The molecule has 0 aliphatic rings. The number of hydrogen-bond donors (Lipinski definition) is 4. The highest BCUT2D eigenvalue weighted by Crippen LogP contribution is 2.35. The van der Waals surface area contributed by atoms with Gasteiger partial charge in [0.25, 0.3) is 0 Å². The van der Waals surface area contributed by atoms with Crippen molar-refractivity contribution < 1.29 is 25.0 Å². The molecule has 4 rings (SSSR count). The minimum Gasteiger partial charge on any atom is -0.493 e. The van der Waals surface area contributed by atoms with E-state index in [1.807, 2.05) is 18.2 Å². The molecule has 4 aromatic rings. The Morgan fingerprint density at radius 2 is 1.67 bits per heavy atom. The van der Waals surface area contributed by atoms with Crippen molar-refractivity contribution in [2.24, 2.45) is 0 Å². The lowest BCUT2D eigenvalue weighted by molar-refractivity contribution is 0.122. The molecule has 27 heavy (non-hydrogen) atoms. The lowest BCUT2D eigenvalue weighted by Gasteiger charge is -2.18. The number of nitrogens with zero attached hydrogens (tertiary/aromatic N) is 3. The molecule has 0 unspecified atom stereocenters. The van der Waals surface area contributed by atoms with Gasteiger partial charge in [0.05, 0.1) is 22.1 Å². The molecule has 0 saturated heterocycles. The molecule has 5 N–H and O–H groups in total. The minimum absolute atomic E-state index is 0.0613. The Morgan fingerprint density at radius 3 is 2.41 bits per heavy atom. The Labute approximate surface area is 152 Å². The molecule has 0 fully saturated rings. The molecule has 0 radical (unpaired) electrons. The fraction of sp³-hybridized carbons (Fsp3) is 0. The summed E-state index contributed by atoms with van der Waals surface area (Å²) in [6.07, 6.45) is -1.27. The third-order valence-electron chi connectivity index (χ3n) is 4.07. The number of amides is 1. The van der Waals surface area contributed by atoms with Crippen LogP contribution in [0.25, 0.3) is 21.8 Å². The maximum atomic E-state index is 12.3. The minimum atomic E-state index is -1.27. The number of aromatic nitrogens is 2. The number of anilines is 1. The van der Waals surface area contributed by atoms with Crippen LogP contribution < -0.4 is 15.6 Å². The maximum Gasteiger partial charge on any atom is 0.460 e. The molecule has 0 spiro atoms. The van der Waals surface area contributed by atoms with Crippen molar-refractivity contribution in [2.75, 3.05) is 10.9 Å². The molecule has 0 aliphatic carbocycles. The Kier molecular flexibility index (Phi) is 3.71. The van der Waals surface area contributed by atoms with Gasteiger partial charge < -0.3 is 20.7 Å². The number of carbonyl (C=O) groups is 1. The van der Waals surface area contributed by atoms with E-state index in [0.717, 1.165) is 12.1 Å². The number of nitrogens with two attached hydrogens (primary N) is 1. The highest BCUT2D eigenvalue weighted by atomic mass is 16.7. The number of carbonyl (C=O) groups excluding carboxylic acids is 1. The van der Waals surface area contributed by atoms with Crippen LogP contribution in [0.2, 0.25) is 0 Å². The number of hydrogen-bond acceptors (Lipinski definition) is 7. The van der Waals surface area contributed by atoms with E-state index in [1.165, 1.54) is 6.07 Å². The van der Waals surface area contributed by atoms with Crippen LogP contribution in [0.3, 0.4) is 0 Å². The van der Waals surface area contributed by atoms with Crippen LogP contribution >= 0.6 is 0 Å². The van der Waals surface area contributed by atoms with Gasteiger partial charge in [-0.15, -0.1) is 0 Å². The molecular formula is C18H14N4O5. The predicted molar refractivity (Wildman–Crippen MR) is 97.5 cm³/mol. The van der Waals surface area contributed by atoms with Gasteiger partial charge in [-0.25, -0.2) is 9.78 Å². The Hall–Kier alpha value is -3.98. The van der Waals surface area contributed by atoms with E-state index >= 15 is 0 Å². The van der Waals surface area contributed by atoms with Gasteiger partial charge in [-0.1, -0.05) is 29.4 Å². The molecule has 2 aromatic carbocycles. The van der Waals surface area contributed by atoms with Crippen molar-refractivity contribution in [1.29, 1.82) is 0 Å². The van der Waals surface area contributed by atoms with Gasteiger partial charge in [-0.2, -0.15) is 4.68 Å². The van der Waals surface area contributed by atoms with Crippen LogP contribution in [0.1, 0.15) is 0 Å². The molecule has 2 heterocycles. The summed E-state index contributed by atoms with van der Waals surface area (Å²) in [6, 6.07) is 14.3. The molecular weight excluding hydrogens is 352 g/mol. The van der Waals surface area contributed by atoms with E-state index in [9.17, 15) is 20.2 Å². The summed E-state index contributed by atoms with van der Waals surface area (Å²) in [7, 11) is 0. The van der Waals surface area contributed by atoms with Gasteiger partial charge in [-0.05, 0) is 18.2 Å². The van der Waals surface area contributed by atoms with Crippen molar-refractivity contribution in [2.45, 2.75) is 0 Å². The monoisotopic (exact) mass is 366 g/mol. The van der Waals surface area contributed by atoms with Gasteiger partial charge in [0, 0.05) is 17.5 Å². The van der Waals surface area contributed by atoms with Crippen molar-refractivity contribution in [3.8, 4) is 17.5 Å². The molecule has 0 atom stereocenters. The molecule has 0 bridgehead atoms. The fourth-order valence-corrected chi connectivity index (χ4v) is 2.85. The maximum absolute atomic E-state index is 12.3. The number of hydroxylamine groups is 1. The summed E-state index contributed by atoms with van der Waals surface area (Å²) < 4.78 is 5.69. The van der Waals surface area contributed by atoms with Crippen molar-refractivity contribution in [3.05, 3.63) is 54.6 Å². The van der Waals surface area contributed by atoms with E-state index in [-0.39, 0.29) is 10.9 Å². The van der Waals surface area contributed by atoms with E-state index in [0.29, 0.717) is 32.2 Å². The zero-order valence-electron chi connectivity index (χ0n) is 13.8. The molecule has 9 heteroatoms. The van der Waals surface area contributed by atoms with Crippen LogP contribution in [0.4, 0.5) is 10.5 Å². The average Bonchev–Trinajstić information content (AvgIpc) is 2.99.